The maximum absolute atomic E-state index is 4.16. The number of hydrogen-bond donors (Lipinski definition) is 1. The van der Waals surface area contributed by atoms with Crippen LogP contribution in [0, 0.1) is 11.8 Å². The highest BCUT2D eigenvalue weighted by atomic mass is 15.4. The molecule has 1 saturated carbocycles. The van der Waals surface area contributed by atoms with E-state index in [1.54, 1.807) is 0 Å². The van der Waals surface area contributed by atoms with Crippen molar-refractivity contribution in [3.63, 3.8) is 0 Å². The normalized spacial score (nSPS) is 15.9. The van der Waals surface area contributed by atoms with Gasteiger partial charge in [-0.1, -0.05) is 31.9 Å². The Balaban J connectivity index is 1.68. The molecule has 0 aliphatic heterocycles. The predicted molar refractivity (Wildman–Crippen MR) is 63.9 cm³/mol. The third-order valence-electron chi connectivity index (χ3n) is 2.91. The Bertz CT molecular complexity index is 315. The van der Waals surface area contributed by atoms with Crippen LogP contribution in [0.1, 0.15) is 38.8 Å². The summed E-state index contributed by atoms with van der Waals surface area (Å²) in [5, 5.41) is 11.7. The second kappa shape index (κ2) is 5.43. The van der Waals surface area contributed by atoms with Crippen molar-refractivity contribution in [2.75, 3.05) is 6.54 Å². The molecule has 0 spiro atoms. The van der Waals surface area contributed by atoms with Gasteiger partial charge in [-0.05, 0) is 24.8 Å². The summed E-state index contributed by atoms with van der Waals surface area (Å²) in [6.45, 7) is 7.32. The zero-order valence-corrected chi connectivity index (χ0v) is 10.3. The molecular formula is C12H22N4. The van der Waals surface area contributed by atoms with Crippen LogP contribution in [0.4, 0.5) is 0 Å². The van der Waals surface area contributed by atoms with Gasteiger partial charge < -0.3 is 5.32 Å². The van der Waals surface area contributed by atoms with Gasteiger partial charge in [0.2, 0.25) is 0 Å². The molecule has 4 nitrogen and oxygen atoms in total. The molecule has 0 amide bonds. The van der Waals surface area contributed by atoms with E-state index in [9.17, 15) is 0 Å². The minimum absolute atomic E-state index is 0.685. The van der Waals surface area contributed by atoms with Gasteiger partial charge in [0.15, 0.2) is 0 Å². The summed E-state index contributed by atoms with van der Waals surface area (Å²) in [7, 11) is 0. The summed E-state index contributed by atoms with van der Waals surface area (Å²) in [6.07, 6.45) is 6.16. The van der Waals surface area contributed by atoms with Gasteiger partial charge in [-0.3, -0.25) is 4.68 Å². The van der Waals surface area contributed by atoms with E-state index in [1.165, 1.54) is 19.3 Å². The average Bonchev–Trinajstić information content (AvgIpc) is 2.96. The van der Waals surface area contributed by atoms with E-state index in [1.807, 2.05) is 4.68 Å². The zero-order chi connectivity index (χ0) is 11.4. The summed E-state index contributed by atoms with van der Waals surface area (Å²) >= 11 is 0. The first kappa shape index (κ1) is 11.6. The Morgan fingerprint density at radius 1 is 1.50 bits per heavy atom. The van der Waals surface area contributed by atoms with Gasteiger partial charge in [0.1, 0.15) is 0 Å². The zero-order valence-electron chi connectivity index (χ0n) is 10.3. The average molecular weight is 222 g/mol. The molecule has 1 aliphatic carbocycles. The summed E-state index contributed by atoms with van der Waals surface area (Å²) in [4.78, 5) is 0. The number of aryl methyl sites for hydroxylation is 1. The molecule has 16 heavy (non-hydrogen) atoms. The molecule has 1 N–H and O–H groups in total. The minimum Gasteiger partial charge on any atom is -0.311 e. The first-order valence-corrected chi connectivity index (χ1v) is 6.34. The Morgan fingerprint density at radius 2 is 2.31 bits per heavy atom. The summed E-state index contributed by atoms with van der Waals surface area (Å²) in [6, 6.07) is 0. The Kier molecular flexibility index (Phi) is 3.93. The number of rotatable bonds is 7. The highest BCUT2D eigenvalue weighted by Gasteiger charge is 2.20. The van der Waals surface area contributed by atoms with Gasteiger partial charge in [-0.2, -0.15) is 0 Å². The topological polar surface area (TPSA) is 42.7 Å². The predicted octanol–water partition coefficient (Wildman–Crippen LogP) is 1.82. The lowest BCUT2D eigenvalue weighted by Crippen LogP contribution is -2.19. The van der Waals surface area contributed by atoms with Crippen molar-refractivity contribution in [1.29, 1.82) is 0 Å². The number of hydrogen-bond acceptors (Lipinski definition) is 3. The van der Waals surface area contributed by atoms with Crippen LogP contribution in [0.5, 0.6) is 0 Å². The highest BCUT2D eigenvalue weighted by molar-refractivity contribution is 4.91. The summed E-state index contributed by atoms with van der Waals surface area (Å²) < 4.78 is 1.98. The van der Waals surface area contributed by atoms with Crippen LogP contribution in [0.25, 0.3) is 0 Å². The lowest BCUT2D eigenvalue weighted by atomic mass is 10.2. The van der Waals surface area contributed by atoms with Crippen molar-refractivity contribution >= 4 is 0 Å². The van der Waals surface area contributed by atoms with Gasteiger partial charge in [-0.25, -0.2) is 0 Å². The molecule has 1 aliphatic rings. The molecule has 4 heteroatoms. The molecule has 1 fully saturated rings. The fourth-order valence-corrected chi connectivity index (χ4v) is 1.74. The van der Waals surface area contributed by atoms with Crippen LogP contribution < -0.4 is 5.32 Å². The van der Waals surface area contributed by atoms with E-state index in [2.05, 4.69) is 35.7 Å². The van der Waals surface area contributed by atoms with Crippen LogP contribution in [0.2, 0.25) is 0 Å². The van der Waals surface area contributed by atoms with Crippen LogP contribution in [0.3, 0.4) is 0 Å². The maximum atomic E-state index is 4.16. The van der Waals surface area contributed by atoms with E-state index in [-0.39, 0.29) is 0 Å². The second-order valence-electron chi connectivity index (χ2n) is 5.23. The third kappa shape index (κ3) is 3.93. The molecule has 0 unspecified atom stereocenters. The van der Waals surface area contributed by atoms with Crippen molar-refractivity contribution < 1.29 is 0 Å². The molecule has 1 aromatic heterocycles. The van der Waals surface area contributed by atoms with Crippen molar-refractivity contribution in [2.45, 2.75) is 46.2 Å². The number of nitrogens with one attached hydrogen (secondary N) is 1. The van der Waals surface area contributed by atoms with Crippen molar-refractivity contribution in [3.8, 4) is 0 Å². The lowest BCUT2D eigenvalue weighted by Gasteiger charge is -2.04. The second-order valence-corrected chi connectivity index (χ2v) is 5.23. The van der Waals surface area contributed by atoms with E-state index in [4.69, 9.17) is 0 Å². The molecule has 1 aromatic rings. The van der Waals surface area contributed by atoms with Crippen molar-refractivity contribution in [3.05, 3.63) is 11.9 Å². The lowest BCUT2D eigenvalue weighted by molar-refractivity contribution is 0.531. The molecular weight excluding hydrogens is 200 g/mol. The minimum atomic E-state index is 0.685. The van der Waals surface area contributed by atoms with Crippen LogP contribution in [-0.4, -0.2) is 21.5 Å². The first-order valence-electron chi connectivity index (χ1n) is 6.34. The molecule has 2 rings (SSSR count). The van der Waals surface area contributed by atoms with Crippen molar-refractivity contribution in [2.24, 2.45) is 11.8 Å². The first-order chi connectivity index (χ1) is 7.74. The van der Waals surface area contributed by atoms with Crippen LogP contribution in [-0.2, 0) is 13.1 Å². The third-order valence-corrected chi connectivity index (χ3v) is 2.91. The standard InChI is InChI=1S/C12H22N4/c1-10(2)7-13-8-12-9-16(15-14-12)6-5-11-3-4-11/h9-11,13H,3-8H2,1-2H3. The Labute approximate surface area is 97.4 Å². The van der Waals surface area contributed by atoms with E-state index < -0.39 is 0 Å². The molecule has 0 bridgehead atoms. The molecule has 0 aromatic carbocycles. The van der Waals surface area contributed by atoms with Gasteiger partial charge in [0.05, 0.1) is 5.69 Å². The largest absolute Gasteiger partial charge is 0.311 e. The highest BCUT2D eigenvalue weighted by Crippen LogP contribution is 2.32. The number of aromatic nitrogens is 3. The molecule has 0 atom stereocenters. The molecule has 1 heterocycles. The fraction of sp³-hybridized carbons (Fsp3) is 0.833. The maximum Gasteiger partial charge on any atom is 0.0964 e. The van der Waals surface area contributed by atoms with Gasteiger partial charge >= 0.3 is 0 Å². The van der Waals surface area contributed by atoms with Crippen molar-refractivity contribution in [1.82, 2.24) is 20.3 Å². The van der Waals surface area contributed by atoms with E-state index in [0.29, 0.717) is 5.92 Å². The fourth-order valence-electron chi connectivity index (χ4n) is 1.74. The molecule has 90 valence electrons. The van der Waals surface area contributed by atoms with Gasteiger partial charge in [-0.15, -0.1) is 5.10 Å². The Morgan fingerprint density at radius 3 is 3.00 bits per heavy atom. The van der Waals surface area contributed by atoms with Crippen LogP contribution in [0.15, 0.2) is 6.20 Å². The van der Waals surface area contributed by atoms with Gasteiger partial charge in [0, 0.05) is 19.3 Å². The molecule has 0 saturated heterocycles. The monoisotopic (exact) mass is 222 g/mol. The Hall–Kier alpha value is -0.900. The van der Waals surface area contributed by atoms with E-state index >= 15 is 0 Å². The summed E-state index contributed by atoms with van der Waals surface area (Å²) in [5.74, 6) is 1.65. The smallest absolute Gasteiger partial charge is 0.0964 e. The van der Waals surface area contributed by atoms with Gasteiger partial charge in [0.25, 0.3) is 0 Å². The SMILES string of the molecule is CC(C)CNCc1cn(CCC2CC2)nn1. The summed E-state index contributed by atoms with van der Waals surface area (Å²) in [5.41, 5.74) is 1.05. The van der Waals surface area contributed by atoms with Crippen LogP contribution >= 0.6 is 0 Å². The van der Waals surface area contributed by atoms with E-state index in [0.717, 1.165) is 31.2 Å². The quantitative estimate of drug-likeness (QED) is 0.765. The number of nitrogens with zero attached hydrogens (tertiary/aromatic N) is 3. The molecule has 0 radical (unpaired) electrons.